The number of benzene rings is 3. The third kappa shape index (κ3) is 5.37. The molecule has 0 unspecified atom stereocenters. The first-order chi connectivity index (χ1) is 14.3. The molecule has 0 aromatic heterocycles. The number of nitrogens with one attached hydrogen (secondary N) is 2. The first kappa shape index (κ1) is 21.4. The molecular formula is C22H16Cl2N2O4. The van der Waals surface area contributed by atoms with E-state index >= 15 is 0 Å². The second-order valence-corrected chi connectivity index (χ2v) is 7.23. The lowest BCUT2D eigenvalue weighted by Crippen LogP contribution is -2.32. The van der Waals surface area contributed by atoms with Crippen LogP contribution in [0.3, 0.4) is 0 Å². The summed E-state index contributed by atoms with van der Waals surface area (Å²) in [5, 5.41) is 15.3. The van der Waals surface area contributed by atoms with Gasteiger partial charge in [0.2, 0.25) is 11.8 Å². The van der Waals surface area contributed by atoms with E-state index in [1.165, 1.54) is 24.3 Å². The van der Waals surface area contributed by atoms with Crippen LogP contribution in [-0.2, 0) is 9.59 Å². The second-order valence-electron chi connectivity index (χ2n) is 6.36. The maximum atomic E-state index is 13.0. The molecule has 0 heterocycles. The van der Waals surface area contributed by atoms with Crippen molar-refractivity contribution in [3.63, 3.8) is 0 Å². The molecule has 8 heteroatoms. The van der Waals surface area contributed by atoms with Gasteiger partial charge in [0.1, 0.15) is 5.92 Å². The number of halogens is 2. The lowest BCUT2D eigenvalue weighted by atomic mass is 9.95. The van der Waals surface area contributed by atoms with Crippen LogP contribution < -0.4 is 10.6 Å². The number of anilines is 2. The zero-order valence-corrected chi connectivity index (χ0v) is 16.9. The van der Waals surface area contributed by atoms with E-state index < -0.39 is 23.7 Å². The van der Waals surface area contributed by atoms with Gasteiger partial charge in [0, 0.05) is 21.4 Å². The van der Waals surface area contributed by atoms with E-state index in [1.54, 1.807) is 48.5 Å². The van der Waals surface area contributed by atoms with Crippen molar-refractivity contribution >= 4 is 52.4 Å². The summed E-state index contributed by atoms with van der Waals surface area (Å²) in [6.07, 6.45) is 0. The van der Waals surface area contributed by atoms with Crippen LogP contribution in [0.5, 0.6) is 0 Å². The van der Waals surface area contributed by atoms with Gasteiger partial charge in [-0.05, 0) is 54.1 Å². The van der Waals surface area contributed by atoms with Crippen LogP contribution >= 0.6 is 23.2 Å². The third-order valence-corrected chi connectivity index (χ3v) is 4.67. The maximum absolute atomic E-state index is 13.0. The van der Waals surface area contributed by atoms with Crippen molar-refractivity contribution in [1.29, 1.82) is 0 Å². The lowest BCUT2D eigenvalue weighted by Gasteiger charge is -2.18. The monoisotopic (exact) mass is 442 g/mol. The number of aromatic carboxylic acids is 1. The van der Waals surface area contributed by atoms with Crippen LogP contribution in [0.4, 0.5) is 11.4 Å². The average molecular weight is 443 g/mol. The van der Waals surface area contributed by atoms with Gasteiger partial charge in [-0.1, -0.05) is 47.5 Å². The highest BCUT2D eigenvalue weighted by Crippen LogP contribution is 2.24. The molecule has 0 aliphatic heterocycles. The molecule has 3 rings (SSSR count). The van der Waals surface area contributed by atoms with Crippen molar-refractivity contribution in [2.75, 3.05) is 10.6 Å². The SMILES string of the molecule is O=C(O)c1ccc(C(C(=O)Nc2cccc(Cl)c2)C(=O)Nc2cccc(Cl)c2)cc1. The first-order valence-corrected chi connectivity index (χ1v) is 9.55. The van der Waals surface area contributed by atoms with Gasteiger partial charge in [0.05, 0.1) is 5.56 Å². The van der Waals surface area contributed by atoms with Crippen molar-refractivity contribution < 1.29 is 19.5 Å². The summed E-state index contributed by atoms with van der Waals surface area (Å²) in [6, 6.07) is 18.6. The van der Waals surface area contributed by atoms with Gasteiger partial charge in [-0.2, -0.15) is 0 Å². The van der Waals surface area contributed by atoms with Crippen molar-refractivity contribution in [3.05, 3.63) is 94.0 Å². The van der Waals surface area contributed by atoms with E-state index in [4.69, 9.17) is 28.3 Å². The number of carboxylic acid groups (broad SMARTS) is 1. The zero-order chi connectivity index (χ0) is 21.7. The summed E-state index contributed by atoms with van der Waals surface area (Å²) in [4.78, 5) is 37.1. The number of rotatable bonds is 6. The molecule has 0 saturated heterocycles. The molecule has 152 valence electrons. The van der Waals surface area contributed by atoms with E-state index in [9.17, 15) is 14.4 Å². The topological polar surface area (TPSA) is 95.5 Å². The zero-order valence-electron chi connectivity index (χ0n) is 15.4. The summed E-state index contributed by atoms with van der Waals surface area (Å²) < 4.78 is 0. The van der Waals surface area contributed by atoms with Crippen molar-refractivity contribution in [2.24, 2.45) is 0 Å². The van der Waals surface area contributed by atoms with E-state index in [0.29, 0.717) is 27.0 Å². The standard InChI is InChI=1S/C22H16Cl2N2O4/c23-15-3-1-5-17(11-15)25-20(27)19(13-7-9-14(10-8-13)22(29)30)21(28)26-18-6-2-4-16(24)12-18/h1-12,19H,(H,25,27)(H,26,28)(H,29,30). The predicted molar refractivity (Wildman–Crippen MR) is 116 cm³/mol. The minimum absolute atomic E-state index is 0.0444. The highest BCUT2D eigenvalue weighted by Gasteiger charge is 2.29. The van der Waals surface area contributed by atoms with Gasteiger partial charge in [0.25, 0.3) is 0 Å². The Kier molecular flexibility index (Phi) is 6.72. The van der Waals surface area contributed by atoms with Gasteiger partial charge in [-0.25, -0.2) is 4.79 Å². The highest BCUT2D eigenvalue weighted by molar-refractivity contribution is 6.31. The number of carboxylic acids is 1. The van der Waals surface area contributed by atoms with E-state index in [0.717, 1.165) is 0 Å². The van der Waals surface area contributed by atoms with Crippen LogP contribution in [0.2, 0.25) is 10.0 Å². The molecule has 3 aromatic carbocycles. The van der Waals surface area contributed by atoms with Gasteiger partial charge < -0.3 is 15.7 Å². The minimum atomic E-state index is -1.24. The Hall–Kier alpha value is -3.35. The quantitative estimate of drug-likeness (QED) is 0.465. The average Bonchev–Trinajstić information content (AvgIpc) is 2.68. The molecule has 0 spiro atoms. The summed E-state index contributed by atoms with van der Waals surface area (Å²) in [5.41, 5.74) is 1.23. The fourth-order valence-electron chi connectivity index (χ4n) is 2.80. The molecule has 2 amide bonds. The number of hydrogen-bond donors (Lipinski definition) is 3. The van der Waals surface area contributed by atoms with E-state index in [1.807, 2.05) is 0 Å². The fourth-order valence-corrected chi connectivity index (χ4v) is 3.18. The third-order valence-electron chi connectivity index (χ3n) is 4.20. The summed E-state index contributed by atoms with van der Waals surface area (Å²) in [7, 11) is 0. The second kappa shape index (κ2) is 9.43. The number of carbonyl (C=O) groups excluding carboxylic acids is 2. The normalized spacial score (nSPS) is 10.5. The van der Waals surface area contributed by atoms with Crippen LogP contribution in [0.15, 0.2) is 72.8 Å². The van der Waals surface area contributed by atoms with E-state index in [-0.39, 0.29) is 5.56 Å². The molecule has 0 bridgehead atoms. The molecule has 0 radical (unpaired) electrons. The first-order valence-electron chi connectivity index (χ1n) is 8.79. The summed E-state index contributed by atoms with van der Waals surface area (Å²) in [5.74, 6) is -3.55. The van der Waals surface area contributed by atoms with Crippen LogP contribution in [0.25, 0.3) is 0 Å². The molecule has 3 N–H and O–H groups in total. The fraction of sp³-hybridized carbons (Fsp3) is 0.0455. The Balaban J connectivity index is 1.91. The molecule has 0 saturated carbocycles. The van der Waals surface area contributed by atoms with Crippen LogP contribution in [0.1, 0.15) is 21.8 Å². The number of amides is 2. The van der Waals surface area contributed by atoms with E-state index in [2.05, 4.69) is 10.6 Å². The maximum Gasteiger partial charge on any atom is 0.335 e. The molecule has 0 aliphatic rings. The Morgan fingerprint density at radius 1 is 0.733 bits per heavy atom. The Labute approximate surface area is 182 Å². The largest absolute Gasteiger partial charge is 0.478 e. The Morgan fingerprint density at radius 2 is 1.20 bits per heavy atom. The smallest absolute Gasteiger partial charge is 0.335 e. The van der Waals surface area contributed by atoms with Crippen molar-refractivity contribution in [1.82, 2.24) is 0 Å². The summed E-state index contributed by atoms with van der Waals surface area (Å²) >= 11 is 11.9. The van der Waals surface area contributed by atoms with Gasteiger partial charge >= 0.3 is 5.97 Å². The van der Waals surface area contributed by atoms with Crippen molar-refractivity contribution in [2.45, 2.75) is 5.92 Å². The number of carbonyl (C=O) groups is 3. The minimum Gasteiger partial charge on any atom is -0.478 e. The molecule has 0 atom stereocenters. The molecule has 0 aliphatic carbocycles. The molecule has 3 aromatic rings. The Bertz CT molecular complexity index is 1040. The van der Waals surface area contributed by atoms with Gasteiger partial charge in [-0.3, -0.25) is 9.59 Å². The van der Waals surface area contributed by atoms with Crippen LogP contribution in [-0.4, -0.2) is 22.9 Å². The Morgan fingerprint density at radius 3 is 1.60 bits per heavy atom. The van der Waals surface area contributed by atoms with Crippen LogP contribution in [0, 0.1) is 0 Å². The predicted octanol–water partition coefficient (Wildman–Crippen LogP) is 5.05. The lowest BCUT2D eigenvalue weighted by molar-refractivity contribution is -0.125. The summed E-state index contributed by atoms with van der Waals surface area (Å²) in [6.45, 7) is 0. The van der Waals surface area contributed by atoms with Gasteiger partial charge in [0.15, 0.2) is 0 Å². The molecular weight excluding hydrogens is 427 g/mol. The van der Waals surface area contributed by atoms with Crippen molar-refractivity contribution in [3.8, 4) is 0 Å². The molecule has 0 fully saturated rings. The number of hydrogen-bond acceptors (Lipinski definition) is 3. The molecule has 6 nitrogen and oxygen atoms in total. The molecule has 30 heavy (non-hydrogen) atoms. The highest BCUT2D eigenvalue weighted by atomic mass is 35.5. The van der Waals surface area contributed by atoms with Gasteiger partial charge in [-0.15, -0.1) is 0 Å².